The summed E-state index contributed by atoms with van der Waals surface area (Å²) in [5.41, 5.74) is 0.973. The lowest BCUT2D eigenvalue weighted by atomic mass is 9.96. The highest BCUT2D eigenvalue weighted by Crippen LogP contribution is 2.39. The van der Waals surface area contributed by atoms with Gasteiger partial charge < -0.3 is 24.2 Å². The molecule has 0 spiro atoms. The lowest BCUT2D eigenvalue weighted by Crippen LogP contribution is -2.54. The second kappa shape index (κ2) is 16.2. The van der Waals surface area contributed by atoms with Gasteiger partial charge in [0.15, 0.2) is 22.5 Å². The number of amides is 4. The number of carbonyl (C=O) groups excluding carboxylic acids is 4. The van der Waals surface area contributed by atoms with Crippen LogP contribution in [-0.2, 0) is 14.3 Å². The summed E-state index contributed by atoms with van der Waals surface area (Å²) < 4.78 is 56.3. The summed E-state index contributed by atoms with van der Waals surface area (Å²) in [6.45, 7) is 7.38. The maximum atomic E-state index is 15.4. The van der Waals surface area contributed by atoms with E-state index in [9.17, 15) is 23.6 Å². The molecule has 4 amide bonds. The number of thiazole rings is 1. The van der Waals surface area contributed by atoms with Crippen molar-refractivity contribution in [3.8, 4) is 22.9 Å². The van der Waals surface area contributed by atoms with E-state index in [1.807, 2.05) is 4.90 Å². The van der Waals surface area contributed by atoms with E-state index >= 15 is 8.78 Å². The second-order valence-corrected chi connectivity index (χ2v) is 16.0. The Balaban J connectivity index is 0.772. The first-order valence-electron chi connectivity index (χ1n) is 19.7. The van der Waals surface area contributed by atoms with Gasteiger partial charge in [-0.1, -0.05) is 0 Å². The lowest BCUT2D eigenvalue weighted by molar-refractivity contribution is -0.136. The minimum atomic E-state index is -1.14. The number of nitrogens with zero attached hydrogens (tertiary/aromatic N) is 8. The molecule has 1 atom stereocenters. The number of halogens is 3. The van der Waals surface area contributed by atoms with Crippen molar-refractivity contribution < 1.29 is 41.8 Å². The zero-order valence-electron chi connectivity index (χ0n) is 31.9. The van der Waals surface area contributed by atoms with Crippen molar-refractivity contribution in [2.24, 2.45) is 5.92 Å². The molecule has 0 radical (unpaired) electrons. The van der Waals surface area contributed by atoms with Crippen LogP contribution >= 0.6 is 11.3 Å². The molecule has 4 saturated heterocycles. The largest absolute Gasteiger partial charge is 0.434 e. The number of hydrogen-bond donors (Lipinski definition) is 1. The van der Waals surface area contributed by atoms with Gasteiger partial charge in [0.05, 0.1) is 35.7 Å². The van der Waals surface area contributed by atoms with E-state index in [4.69, 9.17) is 9.47 Å². The average Bonchev–Trinajstić information content (AvgIpc) is 3.83. The highest BCUT2D eigenvalue weighted by molar-refractivity contribution is 7.14. The van der Waals surface area contributed by atoms with Crippen LogP contribution in [0.4, 0.5) is 29.8 Å². The van der Waals surface area contributed by atoms with Crippen LogP contribution in [-0.4, -0.2) is 127 Å². The molecule has 1 unspecified atom stereocenters. The highest BCUT2D eigenvalue weighted by atomic mass is 32.1. The van der Waals surface area contributed by atoms with Gasteiger partial charge in [0, 0.05) is 82.3 Å². The van der Waals surface area contributed by atoms with Crippen LogP contribution in [0.5, 0.6) is 11.6 Å². The van der Waals surface area contributed by atoms with Gasteiger partial charge >= 0.3 is 0 Å². The summed E-state index contributed by atoms with van der Waals surface area (Å²) in [6, 6.07) is 7.21. The molecule has 59 heavy (non-hydrogen) atoms. The fourth-order valence-electron chi connectivity index (χ4n) is 8.36. The third-order valence-electron chi connectivity index (χ3n) is 11.6. The van der Waals surface area contributed by atoms with Crippen LogP contribution in [0.25, 0.3) is 11.3 Å². The quantitative estimate of drug-likeness (QED) is 0.241. The Morgan fingerprint density at radius 1 is 0.780 bits per heavy atom. The predicted molar refractivity (Wildman–Crippen MR) is 209 cm³/mol. The van der Waals surface area contributed by atoms with Gasteiger partial charge in [0.2, 0.25) is 23.5 Å². The van der Waals surface area contributed by atoms with Crippen molar-refractivity contribution in [2.45, 2.75) is 31.7 Å². The van der Waals surface area contributed by atoms with Crippen molar-refractivity contribution in [1.29, 1.82) is 0 Å². The molecule has 0 aliphatic carbocycles. The van der Waals surface area contributed by atoms with E-state index in [1.165, 1.54) is 23.5 Å². The fourth-order valence-corrected chi connectivity index (χ4v) is 9.24. The number of benzene rings is 2. The summed E-state index contributed by atoms with van der Waals surface area (Å²) in [4.78, 5) is 64.4. The molecule has 7 heterocycles. The van der Waals surface area contributed by atoms with E-state index in [-0.39, 0.29) is 41.3 Å². The SMILES string of the molecule is O=C1CCC(N2C(=O)c3cc(F)c(N4CCN(CC5CCN(c6ccc(Oc7c(-c8csc(N9CCOCC9)n8)ccc(F)c7F)nn6)CC5)CC4)cc3C2=O)C(=O)N1. The van der Waals surface area contributed by atoms with Gasteiger partial charge in [-0.25, -0.2) is 13.8 Å². The predicted octanol–water partition coefficient (Wildman–Crippen LogP) is 4.09. The molecule has 15 nitrogen and oxygen atoms in total. The van der Waals surface area contributed by atoms with Crippen LogP contribution in [0.3, 0.4) is 0 Å². The van der Waals surface area contributed by atoms with E-state index in [0.29, 0.717) is 75.5 Å². The standard InChI is InChI=1S/C40H40F3N9O6S/c41-27-2-1-24(29-22-59-40(44-29)51-15-17-57-18-16-51)36(35(27)43)58-34-6-4-32(46-47-34)50-9-7-23(8-10-50)21-48-11-13-49(14-12-48)31-20-26-25(19-28(31)42)38(55)52(39(26)56)30-3-5-33(53)45-37(30)54/h1-2,4,6,19-20,22-23,30H,3,5,7-18,21H2,(H,45,53,54). The molecule has 0 bridgehead atoms. The Bertz CT molecular complexity index is 2290. The van der Waals surface area contributed by atoms with Gasteiger partial charge in [0.1, 0.15) is 11.9 Å². The number of hydrogen-bond acceptors (Lipinski definition) is 14. The number of imide groups is 2. The van der Waals surface area contributed by atoms with Crippen LogP contribution < -0.4 is 24.8 Å². The molecule has 19 heteroatoms. The average molecular weight is 832 g/mol. The molecular weight excluding hydrogens is 792 g/mol. The van der Waals surface area contributed by atoms with Crippen molar-refractivity contribution in [3.63, 3.8) is 0 Å². The van der Waals surface area contributed by atoms with E-state index in [0.717, 1.165) is 54.6 Å². The smallest absolute Gasteiger partial charge is 0.262 e. The summed E-state index contributed by atoms with van der Waals surface area (Å²) in [5, 5.41) is 13.3. The number of anilines is 3. The van der Waals surface area contributed by atoms with Crippen molar-refractivity contribution in [3.05, 3.63) is 70.4 Å². The number of morpholine rings is 1. The van der Waals surface area contributed by atoms with Crippen LogP contribution in [0.15, 0.2) is 41.8 Å². The number of rotatable bonds is 9. The van der Waals surface area contributed by atoms with Crippen molar-refractivity contribution in [2.75, 3.05) is 86.8 Å². The van der Waals surface area contributed by atoms with Crippen LogP contribution in [0, 0.1) is 23.4 Å². The molecule has 1 N–H and O–H groups in total. The Labute approximate surface area is 340 Å². The Hall–Kier alpha value is -5.66. The molecular formula is C40H40F3N9O6S. The number of carbonyl (C=O) groups is 4. The normalized spacial score (nSPS) is 20.7. The van der Waals surface area contributed by atoms with Gasteiger partial charge in [0.25, 0.3) is 11.8 Å². The van der Waals surface area contributed by atoms with E-state index in [1.54, 1.807) is 17.5 Å². The first-order chi connectivity index (χ1) is 28.6. The molecule has 4 aromatic rings. The second-order valence-electron chi connectivity index (χ2n) is 15.2. The molecule has 5 aliphatic heterocycles. The summed E-state index contributed by atoms with van der Waals surface area (Å²) in [7, 11) is 0. The molecule has 2 aromatic heterocycles. The maximum Gasteiger partial charge on any atom is 0.262 e. The van der Waals surface area contributed by atoms with Gasteiger partial charge in [-0.15, -0.1) is 21.5 Å². The van der Waals surface area contributed by atoms with E-state index in [2.05, 4.69) is 35.2 Å². The molecule has 4 fully saturated rings. The monoisotopic (exact) mass is 831 g/mol. The van der Waals surface area contributed by atoms with Crippen LogP contribution in [0.2, 0.25) is 0 Å². The maximum absolute atomic E-state index is 15.4. The summed E-state index contributed by atoms with van der Waals surface area (Å²) in [6.07, 6.45) is 1.86. The minimum absolute atomic E-state index is 0.00352. The number of aromatic nitrogens is 3. The van der Waals surface area contributed by atoms with Crippen LogP contribution in [0.1, 0.15) is 46.4 Å². The van der Waals surface area contributed by atoms with Gasteiger partial charge in [-0.3, -0.25) is 34.3 Å². The number of ether oxygens (including phenoxy) is 2. The zero-order chi connectivity index (χ0) is 40.8. The topological polar surface area (TPSA) is 154 Å². The third-order valence-corrected chi connectivity index (χ3v) is 12.5. The number of nitrogens with one attached hydrogen (secondary N) is 1. The number of piperidine rings is 2. The van der Waals surface area contributed by atoms with Gasteiger partial charge in [-0.05, 0) is 55.5 Å². The Morgan fingerprint density at radius 3 is 2.24 bits per heavy atom. The summed E-state index contributed by atoms with van der Waals surface area (Å²) >= 11 is 1.41. The first kappa shape index (κ1) is 38.8. The summed E-state index contributed by atoms with van der Waals surface area (Å²) in [5.74, 6) is -4.60. The first-order valence-corrected chi connectivity index (χ1v) is 20.5. The number of fused-ring (bicyclic) bond motifs is 1. The fraction of sp³-hybridized carbons (Fsp3) is 0.425. The molecule has 2 aromatic carbocycles. The minimum Gasteiger partial charge on any atom is -0.434 e. The Kier molecular flexibility index (Phi) is 10.6. The van der Waals surface area contributed by atoms with E-state index < -0.39 is 47.1 Å². The zero-order valence-corrected chi connectivity index (χ0v) is 32.7. The molecule has 308 valence electrons. The number of piperazine rings is 1. The van der Waals surface area contributed by atoms with Crippen molar-refractivity contribution in [1.82, 2.24) is 30.3 Å². The molecule has 5 aliphatic rings. The molecule has 0 saturated carbocycles. The third kappa shape index (κ3) is 7.69. The Morgan fingerprint density at radius 2 is 1.53 bits per heavy atom. The van der Waals surface area contributed by atoms with Gasteiger partial charge in [-0.2, -0.15) is 4.39 Å². The highest BCUT2D eigenvalue weighted by Gasteiger charge is 2.45. The molecule has 9 rings (SSSR count). The lowest BCUT2D eigenvalue weighted by Gasteiger charge is -2.39. The van der Waals surface area contributed by atoms with Crippen molar-refractivity contribution >= 4 is 51.6 Å².